The van der Waals surface area contributed by atoms with Gasteiger partial charge in [-0.3, -0.25) is 5.32 Å². The Kier molecular flexibility index (Phi) is 4.33. The van der Waals surface area contributed by atoms with E-state index in [0.29, 0.717) is 0 Å². The maximum Gasteiger partial charge on any atom is 0.119 e. The van der Waals surface area contributed by atoms with Gasteiger partial charge in [-0.05, 0) is 38.0 Å². The predicted molar refractivity (Wildman–Crippen MR) is 64.4 cm³/mol. The van der Waals surface area contributed by atoms with Crippen molar-refractivity contribution in [2.45, 2.75) is 25.8 Å². The molecule has 1 aromatic rings. The van der Waals surface area contributed by atoms with Crippen molar-refractivity contribution in [1.29, 1.82) is 5.26 Å². The van der Waals surface area contributed by atoms with E-state index in [2.05, 4.69) is 17.5 Å². The largest absolute Gasteiger partial charge is 0.497 e. The number of hydrogen-bond donors (Lipinski definition) is 1. The normalized spacial score (nSPS) is 10.9. The monoisotopic (exact) mass is 218 g/mol. The minimum absolute atomic E-state index is 0.459. The fourth-order valence-electron chi connectivity index (χ4n) is 1.39. The van der Waals surface area contributed by atoms with Crippen LogP contribution < -0.4 is 10.1 Å². The summed E-state index contributed by atoms with van der Waals surface area (Å²) in [4.78, 5) is 0. The summed E-state index contributed by atoms with van der Waals surface area (Å²) in [6.45, 7) is 4.53. The Bertz CT molecular complexity index is 380. The summed E-state index contributed by atoms with van der Waals surface area (Å²) in [6.07, 6.45) is 0.891. The second-order valence-electron chi connectivity index (χ2n) is 4.27. The molecular formula is C13H18N2O. The first-order valence-corrected chi connectivity index (χ1v) is 5.36. The quantitative estimate of drug-likeness (QED) is 0.823. The smallest absolute Gasteiger partial charge is 0.119 e. The molecule has 1 rings (SSSR count). The van der Waals surface area contributed by atoms with E-state index in [0.717, 1.165) is 18.7 Å². The highest BCUT2D eigenvalue weighted by atomic mass is 16.5. The zero-order chi connectivity index (χ0) is 12.0. The molecule has 16 heavy (non-hydrogen) atoms. The summed E-state index contributed by atoms with van der Waals surface area (Å²) in [7, 11) is 1.66. The average Bonchev–Trinajstić information content (AvgIpc) is 2.29. The van der Waals surface area contributed by atoms with Gasteiger partial charge in [-0.1, -0.05) is 12.1 Å². The first-order chi connectivity index (χ1) is 7.57. The van der Waals surface area contributed by atoms with Crippen LogP contribution in [-0.2, 0) is 6.42 Å². The van der Waals surface area contributed by atoms with Crippen molar-refractivity contribution in [3.05, 3.63) is 29.8 Å². The molecule has 0 aromatic heterocycles. The van der Waals surface area contributed by atoms with E-state index in [-0.39, 0.29) is 0 Å². The molecular weight excluding hydrogens is 200 g/mol. The second kappa shape index (κ2) is 5.53. The molecule has 0 bridgehead atoms. The molecule has 0 fully saturated rings. The van der Waals surface area contributed by atoms with Gasteiger partial charge in [-0.25, -0.2) is 0 Å². The molecule has 0 atom stereocenters. The van der Waals surface area contributed by atoms with E-state index < -0.39 is 5.54 Å². The molecule has 0 aliphatic carbocycles. The summed E-state index contributed by atoms with van der Waals surface area (Å²) in [6, 6.07) is 10.2. The van der Waals surface area contributed by atoms with Gasteiger partial charge in [0, 0.05) is 6.54 Å². The molecule has 86 valence electrons. The van der Waals surface area contributed by atoms with Gasteiger partial charge in [-0.2, -0.15) is 5.26 Å². The minimum Gasteiger partial charge on any atom is -0.497 e. The van der Waals surface area contributed by atoms with Gasteiger partial charge in [0.2, 0.25) is 0 Å². The predicted octanol–water partition coefficient (Wildman–Crippen LogP) is 2.13. The van der Waals surface area contributed by atoms with E-state index in [4.69, 9.17) is 10.00 Å². The molecule has 0 heterocycles. The lowest BCUT2D eigenvalue weighted by molar-refractivity contribution is 0.414. The molecule has 0 radical (unpaired) electrons. The van der Waals surface area contributed by atoms with Crippen LogP contribution in [0.4, 0.5) is 0 Å². The van der Waals surface area contributed by atoms with Crippen LogP contribution in [0, 0.1) is 11.3 Å². The lowest BCUT2D eigenvalue weighted by Gasteiger charge is -2.17. The Hall–Kier alpha value is -1.53. The van der Waals surface area contributed by atoms with Crippen molar-refractivity contribution in [3.8, 4) is 11.8 Å². The van der Waals surface area contributed by atoms with Crippen LogP contribution in [0.2, 0.25) is 0 Å². The van der Waals surface area contributed by atoms with Gasteiger partial charge < -0.3 is 4.74 Å². The van der Waals surface area contributed by atoms with Gasteiger partial charge in [0.05, 0.1) is 13.2 Å². The van der Waals surface area contributed by atoms with Crippen molar-refractivity contribution in [1.82, 2.24) is 5.32 Å². The number of methoxy groups -OCH3 is 1. The molecule has 0 unspecified atom stereocenters. The van der Waals surface area contributed by atoms with Gasteiger partial charge >= 0.3 is 0 Å². The van der Waals surface area contributed by atoms with E-state index >= 15 is 0 Å². The molecule has 3 heteroatoms. The summed E-state index contributed by atoms with van der Waals surface area (Å²) in [5.41, 5.74) is 0.749. The third-order valence-corrected chi connectivity index (χ3v) is 2.39. The average molecular weight is 218 g/mol. The first-order valence-electron chi connectivity index (χ1n) is 5.36. The fraction of sp³-hybridized carbons (Fsp3) is 0.462. The minimum atomic E-state index is -0.459. The van der Waals surface area contributed by atoms with Crippen LogP contribution in [0.25, 0.3) is 0 Å². The van der Waals surface area contributed by atoms with Crippen molar-refractivity contribution in [2.24, 2.45) is 0 Å². The van der Waals surface area contributed by atoms with Gasteiger partial charge in [-0.15, -0.1) is 0 Å². The number of nitrogens with one attached hydrogen (secondary N) is 1. The van der Waals surface area contributed by atoms with E-state index in [1.54, 1.807) is 7.11 Å². The van der Waals surface area contributed by atoms with E-state index in [9.17, 15) is 0 Å². The Balaban J connectivity index is 2.46. The highest BCUT2D eigenvalue weighted by Crippen LogP contribution is 2.12. The fourth-order valence-corrected chi connectivity index (χ4v) is 1.39. The van der Waals surface area contributed by atoms with Gasteiger partial charge in [0.25, 0.3) is 0 Å². The number of ether oxygens (including phenoxy) is 1. The van der Waals surface area contributed by atoms with Crippen LogP contribution in [0.1, 0.15) is 19.4 Å². The molecule has 0 spiro atoms. The maximum atomic E-state index is 8.84. The lowest BCUT2D eigenvalue weighted by atomic mass is 10.1. The zero-order valence-corrected chi connectivity index (χ0v) is 10.1. The molecule has 3 nitrogen and oxygen atoms in total. The Labute approximate surface area is 97.0 Å². The Morgan fingerprint density at radius 3 is 2.81 bits per heavy atom. The number of nitriles is 1. The first kappa shape index (κ1) is 12.5. The molecule has 1 aromatic carbocycles. The molecule has 0 saturated heterocycles. The van der Waals surface area contributed by atoms with Crippen LogP contribution in [0.5, 0.6) is 5.75 Å². The van der Waals surface area contributed by atoms with Crippen molar-refractivity contribution < 1.29 is 4.74 Å². The molecule has 0 amide bonds. The maximum absolute atomic E-state index is 8.84. The second-order valence-corrected chi connectivity index (χ2v) is 4.27. The van der Waals surface area contributed by atoms with Crippen LogP contribution in [0.15, 0.2) is 24.3 Å². The van der Waals surface area contributed by atoms with Gasteiger partial charge in [0.15, 0.2) is 0 Å². The molecule has 1 N–H and O–H groups in total. The number of benzene rings is 1. The topological polar surface area (TPSA) is 45.0 Å². The standard InChI is InChI=1S/C13H18N2O/c1-13(2,10-14)15-8-7-11-5-4-6-12(9-11)16-3/h4-6,9,15H,7-8H2,1-3H3. The Morgan fingerprint density at radius 2 is 2.19 bits per heavy atom. The Morgan fingerprint density at radius 1 is 1.44 bits per heavy atom. The van der Waals surface area contributed by atoms with E-state index in [1.165, 1.54) is 5.56 Å². The third kappa shape index (κ3) is 3.92. The van der Waals surface area contributed by atoms with E-state index in [1.807, 2.05) is 32.0 Å². The summed E-state index contributed by atoms with van der Waals surface area (Å²) in [5, 5.41) is 12.0. The molecule has 0 saturated carbocycles. The zero-order valence-electron chi connectivity index (χ0n) is 10.1. The molecule has 0 aliphatic rings. The summed E-state index contributed by atoms with van der Waals surface area (Å²) >= 11 is 0. The molecule has 0 aliphatic heterocycles. The highest BCUT2D eigenvalue weighted by Gasteiger charge is 2.14. The SMILES string of the molecule is COc1cccc(CCNC(C)(C)C#N)c1. The van der Waals surface area contributed by atoms with Crippen LogP contribution in [-0.4, -0.2) is 19.2 Å². The van der Waals surface area contributed by atoms with Crippen molar-refractivity contribution in [3.63, 3.8) is 0 Å². The van der Waals surface area contributed by atoms with Crippen molar-refractivity contribution in [2.75, 3.05) is 13.7 Å². The number of hydrogen-bond acceptors (Lipinski definition) is 3. The highest BCUT2D eigenvalue weighted by molar-refractivity contribution is 5.28. The van der Waals surface area contributed by atoms with Crippen molar-refractivity contribution >= 4 is 0 Å². The lowest BCUT2D eigenvalue weighted by Crippen LogP contribution is -2.38. The summed E-state index contributed by atoms with van der Waals surface area (Å²) in [5.74, 6) is 0.872. The number of rotatable bonds is 5. The third-order valence-electron chi connectivity index (χ3n) is 2.39. The van der Waals surface area contributed by atoms with Crippen LogP contribution >= 0.6 is 0 Å². The summed E-state index contributed by atoms with van der Waals surface area (Å²) < 4.78 is 5.15. The number of nitrogens with zero attached hydrogens (tertiary/aromatic N) is 1. The van der Waals surface area contributed by atoms with Gasteiger partial charge in [0.1, 0.15) is 11.3 Å². The van der Waals surface area contributed by atoms with Crippen LogP contribution in [0.3, 0.4) is 0 Å².